The molecule has 98 valence electrons. The maximum Gasteiger partial charge on any atom is -0.00772 e. The summed E-state index contributed by atoms with van der Waals surface area (Å²) in [6.45, 7) is 4.02. The van der Waals surface area contributed by atoms with E-state index >= 15 is 0 Å². The predicted octanol–water partition coefficient (Wildman–Crippen LogP) is 3.44. The summed E-state index contributed by atoms with van der Waals surface area (Å²) >= 11 is 0. The van der Waals surface area contributed by atoms with Crippen LogP contribution in [0.5, 0.6) is 0 Å². The van der Waals surface area contributed by atoms with Gasteiger partial charge in [-0.25, -0.2) is 0 Å². The molecule has 0 aliphatic heterocycles. The standard InChI is InChI=1S/C14H32N2/c1-2-14(11-9-13-16)10-7-5-3-4-6-8-12-15/h14H,2-13,15-16H2,1H3. The van der Waals surface area contributed by atoms with Gasteiger partial charge >= 0.3 is 0 Å². The maximum absolute atomic E-state index is 5.54. The van der Waals surface area contributed by atoms with Crippen LogP contribution in [0, 0.1) is 5.92 Å². The summed E-state index contributed by atoms with van der Waals surface area (Å²) in [5.74, 6) is 0.924. The summed E-state index contributed by atoms with van der Waals surface area (Å²) < 4.78 is 0. The van der Waals surface area contributed by atoms with Crippen molar-refractivity contribution in [3.63, 3.8) is 0 Å². The summed E-state index contributed by atoms with van der Waals surface area (Å²) in [6, 6.07) is 0. The Morgan fingerprint density at radius 3 is 1.75 bits per heavy atom. The van der Waals surface area contributed by atoms with E-state index in [2.05, 4.69) is 6.92 Å². The van der Waals surface area contributed by atoms with E-state index in [1.807, 2.05) is 0 Å². The summed E-state index contributed by atoms with van der Waals surface area (Å²) in [4.78, 5) is 0. The molecule has 0 fully saturated rings. The molecule has 0 rings (SSSR count). The highest BCUT2D eigenvalue weighted by Gasteiger charge is 2.04. The Labute approximate surface area is 102 Å². The summed E-state index contributed by atoms with van der Waals surface area (Å²) in [5, 5.41) is 0. The Hall–Kier alpha value is -0.0800. The van der Waals surface area contributed by atoms with Crippen LogP contribution in [0.25, 0.3) is 0 Å². The molecule has 2 nitrogen and oxygen atoms in total. The Morgan fingerprint density at radius 1 is 0.688 bits per heavy atom. The Morgan fingerprint density at radius 2 is 1.19 bits per heavy atom. The van der Waals surface area contributed by atoms with Crippen LogP contribution >= 0.6 is 0 Å². The largest absolute Gasteiger partial charge is 0.330 e. The lowest BCUT2D eigenvalue weighted by molar-refractivity contribution is 0.404. The second-order valence-corrected chi connectivity index (χ2v) is 4.90. The van der Waals surface area contributed by atoms with Gasteiger partial charge in [-0.1, -0.05) is 51.9 Å². The van der Waals surface area contributed by atoms with Crippen LogP contribution in [0.4, 0.5) is 0 Å². The second kappa shape index (κ2) is 13.0. The van der Waals surface area contributed by atoms with E-state index in [-0.39, 0.29) is 0 Å². The van der Waals surface area contributed by atoms with Crippen molar-refractivity contribution in [3.8, 4) is 0 Å². The van der Waals surface area contributed by atoms with E-state index in [1.54, 1.807) is 0 Å². The highest BCUT2D eigenvalue weighted by molar-refractivity contribution is 4.58. The monoisotopic (exact) mass is 228 g/mol. The number of rotatable bonds is 12. The van der Waals surface area contributed by atoms with Crippen molar-refractivity contribution >= 4 is 0 Å². The lowest BCUT2D eigenvalue weighted by atomic mass is 9.93. The third-order valence-electron chi connectivity index (χ3n) is 3.46. The molecule has 0 heterocycles. The topological polar surface area (TPSA) is 52.0 Å². The van der Waals surface area contributed by atoms with Gasteiger partial charge in [0.15, 0.2) is 0 Å². The molecule has 0 bridgehead atoms. The first-order valence-electron chi connectivity index (χ1n) is 7.25. The molecule has 16 heavy (non-hydrogen) atoms. The van der Waals surface area contributed by atoms with Crippen LogP contribution in [0.15, 0.2) is 0 Å². The number of unbranched alkanes of at least 4 members (excludes halogenated alkanes) is 5. The molecular weight excluding hydrogens is 196 g/mol. The Bertz CT molecular complexity index is 126. The Balaban J connectivity index is 3.20. The van der Waals surface area contributed by atoms with Crippen molar-refractivity contribution in [2.75, 3.05) is 13.1 Å². The number of hydrogen-bond acceptors (Lipinski definition) is 2. The van der Waals surface area contributed by atoms with E-state index in [0.29, 0.717) is 0 Å². The van der Waals surface area contributed by atoms with Crippen LogP contribution in [0.3, 0.4) is 0 Å². The maximum atomic E-state index is 5.54. The highest BCUT2D eigenvalue weighted by Crippen LogP contribution is 2.19. The lowest BCUT2D eigenvalue weighted by Crippen LogP contribution is -2.04. The van der Waals surface area contributed by atoms with Gasteiger partial charge in [-0.05, 0) is 38.3 Å². The van der Waals surface area contributed by atoms with Crippen LogP contribution in [0.2, 0.25) is 0 Å². The minimum atomic E-state index is 0.857. The SMILES string of the molecule is CCC(CCCN)CCCCCCCCN. The molecule has 4 N–H and O–H groups in total. The number of hydrogen-bond donors (Lipinski definition) is 2. The molecule has 0 saturated carbocycles. The summed E-state index contributed by atoms with van der Waals surface area (Å²) in [7, 11) is 0. The van der Waals surface area contributed by atoms with Crippen LogP contribution in [-0.4, -0.2) is 13.1 Å². The van der Waals surface area contributed by atoms with E-state index in [9.17, 15) is 0 Å². The van der Waals surface area contributed by atoms with E-state index in [4.69, 9.17) is 11.5 Å². The van der Waals surface area contributed by atoms with Crippen molar-refractivity contribution in [3.05, 3.63) is 0 Å². The molecule has 1 atom stereocenters. The zero-order chi connectivity index (χ0) is 12.1. The van der Waals surface area contributed by atoms with Crippen LogP contribution in [-0.2, 0) is 0 Å². The second-order valence-electron chi connectivity index (χ2n) is 4.90. The minimum Gasteiger partial charge on any atom is -0.330 e. The summed E-state index contributed by atoms with van der Waals surface area (Å²) in [6.07, 6.45) is 13.4. The van der Waals surface area contributed by atoms with Crippen molar-refractivity contribution in [1.29, 1.82) is 0 Å². The van der Waals surface area contributed by atoms with Crippen molar-refractivity contribution in [2.24, 2.45) is 17.4 Å². The quantitative estimate of drug-likeness (QED) is 0.503. The molecule has 0 aliphatic carbocycles. The van der Waals surface area contributed by atoms with E-state index in [1.165, 1.54) is 64.2 Å². The van der Waals surface area contributed by atoms with Crippen molar-refractivity contribution in [1.82, 2.24) is 0 Å². The molecule has 2 heteroatoms. The molecular formula is C14H32N2. The smallest absolute Gasteiger partial charge is 0.00772 e. The third kappa shape index (κ3) is 10.4. The van der Waals surface area contributed by atoms with Gasteiger partial charge in [-0.3, -0.25) is 0 Å². The zero-order valence-corrected chi connectivity index (χ0v) is 11.2. The van der Waals surface area contributed by atoms with Gasteiger partial charge in [0, 0.05) is 0 Å². The molecule has 0 aromatic carbocycles. The lowest BCUT2D eigenvalue weighted by Gasteiger charge is -2.13. The van der Waals surface area contributed by atoms with Crippen LogP contribution in [0.1, 0.15) is 71.1 Å². The molecule has 0 aromatic rings. The predicted molar refractivity (Wildman–Crippen MR) is 73.4 cm³/mol. The minimum absolute atomic E-state index is 0.857. The molecule has 0 aliphatic rings. The van der Waals surface area contributed by atoms with Gasteiger partial charge in [-0.15, -0.1) is 0 Å². The first-order valence-corrected chi connectivity index (χ1v) is 7.25. The summed E-state index contributed by atoms with van der Waals surface area (Å²) in [5.41, 5.74) is 11.0. The van der Waals surface area contributed by atoms with Crippen molar-refractivity contribution in [2.45, 2.75) is 71.1 Å². The van der Waals surface area contributed by atoms with Gasteiger partial charge in [0.2, 0.25) is 0 Å². The van der Waals surface area contributed by atoms with E-state index in [0.717, 1.165) is 19.0 Å². The molecule has 0 aromatic heterocycles. The van der Waals surface area contributed by atoms with Gasteiger partial charge < -0.3 is 11.5 Å². The number of nitrogens with two attached hydrogens (primary N) is 2. The fourth-order valence-electron chi connectivity index (χ4n) is 2.24. The normalized spacial score (nSPS) is 12.9. The average Bonchev–Trinajstić information content (AvgIpc) is 2.32. The van der Waals surface area contributed by atoms with Gasteiger partial charge in [0.1, 0.15) is 0 Å². The molecule has 0 spiro atoms. The molecule has 0 saturated heterocycles. The van der Waals surface area contributed by atoms with E-state index < -0.39 is 0 Å². The zero-order valence-electron chi connectivity index (χ0n) is 11.2. The van der Waals surface area contributed by atoms with Crippen molar-refractivity contribution < 1.29 is 0 Å². The molecule has 1 unspecified atom stereocenters. The third-order valence-corrected chi connectivity index (χ3v) is 3.46. The molecule has 0 radical (unpaired) electrons. The molecule has 0 amide bonds. The average molecular weight is 228 g/mol. The van der Waals surface area contributed by atoms with Gasteiger partial charge in [0.25, 0.3) is 0 Å². The van der Waals surface area contributed by atoms with Gasteiger partial charge in [-0.2, -0.15) is 0 Å². The first-order chi connectivity index (χ1) is 7.85. The fourth-order valence-corrected chi connectivity index (χ4v) is 2.24. The Kier molecular flexibility index (Phi) is 12.9. The fraction of sp³-hybridized carbons (Fsp3) is 1.00. The van der Waals surface area contributed by atoms with Gasteiger partial charge in [0.05, 0.1) is 0 Å². The van der Waals surface area contributed by atoms with Crippen LogP contribution < -0.4 is 11.5 Å². The highest BCUT2D eigenvalue weighted by atomic mass is 14.5. The first kappa shape index (κ1) is 15.9.